The van der Waals surface area contributed by atoms with Crippen LogP contribution in [0.1, 0.15) is 5.56 Å². The summed E-state index contributed by atoms with van der Waals surface area (Å²) in [4.78, 5) is 0. The summed E-state index contributed by atoms with van der Waals surface area (Å²) in [6.45, 7) is 1.93. The Morgan fingerprint density at radius 1 is 0.938 bits per heavy atom. The lowest BCUT2D eigenvalue weighted by Gasteiger charge is -2.15. The van der Waals surface area contributed by atoms with E-state index in [1.807, 2.05) is 61.5 Å². The van der Waals surface area contributed by atoms with E-state index in [2.05, 4.69) is 0 Å². The first-order valence-corrected chi connectivity index (χ1v) is 6.90. The molecule has 0 saturated carbocycles. The van der Waals surface area contributed by atoms with Crippen LogP contribution in [0.4, 0.5) is 0 Å². The highest BCUT2D eigenvalue weighted by atomic mass is 31.2. The molecule has 0 aromatic heterocycles. The zero-order valence-electron chi connectivity index (χ0n) is 9.13. The molecule has 0 fully saturated rings. The van der Waals surface area contributed by atoms with Gasteiger partial charge in [-0.2, -0.15) is 0 Å². The Morgan fingerprint density at radius 3 is 2.12 bits per heavy atom. The average Bonchev–Trinajstić information content (AvgIpc) is 2.30. The molecule has 82 valence electrons. The Bertz CT molecular complexity index is 537. The van der Waals surface area contributed by atoms with E-state index in [0.29, 0.717) is 5.30 Å². The molecule has 2 nitrogen and oxygen atoms in total. The summed E-state index contributed by atoms with van der Waals surface area (Å²) in [5.74, 6) is 0. The number of aryl methyl sites for hydroxylation is 1. The van der Waals surface area contributed by atoms with Crippen LogP contribution in [0.25, 0.3) is 0 Å². The van der Waals surface area contributed by atoms with Gasteiger partial charge in [0, 0.05) is 10.6 Å². The fraction of sp³-hybridized carbons (Fsp3) is 0.0769. The van der Waals surface area contributed by atoms with Gasteiger partial charge in [-0.05, 0) is 30.7 Å². The number of hydrogen-bond acceptors (Lipinski definition) is 1. The fourth-order valence-electron chi connectivity index (χ4n) is 1.72. The smallest absolute Gasteiger partial charge is 0.202 e. The van der Waals surface area contributed by atoms with Crippen molar-refractivity contribution in [2.24, 2.45) is 5.50 Å². The fourth-order valence-corrected chi connectivity index (χ4v) is 3.52. The van der Waals surface area contributed by atoms with Crippen molar-refractivity contribution in [1.82, 2.24) is 0 Å². The molecule has 0 aliphatic carbocycles. The summed E-state index contributed by atoms with van der Waals surface area (Å²) < 4.78 is 12.6. The lowest BCUT2D eigenvalue weighted by Crippen LogP contribution is -2.23. The molecule has 1 atom stereocenters. The zero-order valence-corrected chi connectivity index (χ0v) is 10.0. The van der Waals surface area contributed by atoms with Gasteiger partial charge in [0.25, 0.3) is 0 Å². The Morgan fingerprint density at radius 2 is 1.50 bits per heavy atom. The third-order valence-electron chi connectivity index (χ3n) is 2.61. The van der Waals surface area contributed by atoms with Gasteiger partial charge in [-0.1, -0.05) is 36.4 Å². The van der Waals surface area contributed by atoms with Crippen LogP contribution in [-0.2, 0) is 4.57 Å². The van der Waals surface area contributed by atoms with Gasteiger partial charge >= 0.3 is 0 Å². The predicted octanol–water partition coefficient (Wildman–Crippen LogP) is 2.18. The van der Waals surface area contributed by atoms with E-state index in [0.717, 1.165) is 10.9 Å². The van der Waals surface area contributed by atoms with Crippen LogP contribution in [0.3, 0.4) is 0 Å². The van der Waals surface area contributed by atoms with E-state index < -0.39 is 7.29 Å². The second-order valence-corrected chi connectivity index (χ2v) is 6.09. The van der Waals surface area contributed by atoms with E-state index in [1.54, 1.807) is 0 Å². The molecule has 0 aliphatic rings. The van der Waals surface area contributed by atoms with E-state index in [1.165, 1.54) is 0 Å². The number of nitrogens with two attached hydrogens (primary N) is 1. The first kappa shape index (κ1) is 11.1. The van der Waals surface area contributed by atoms with Gasteiger partial charge in [0.05, 0.1) is 0 Å². The van der Waals surface area contributed by atoms with Gasteiger partial charge < -0.3 is 0 Å². The van der Waals surface area contributed by atoms with Gasteiger partial charge in [0.15, 0.2) is 0 Å². The summed E-state index contributed by atoms with van der Waals surface area (Å²) in [7, 11) is -2.93. The first-order valence-electron chi connectivity index (χ1n) is 5.13. The lowest BCUT2D eigenvalue weighted by atomic mass is 10.2. The van der Waals surface area contributed by atoms with Gasteiger partial charge in [-0.3, -0.25) is 10.1 Å². The van der Waals surface area contributed by atoms with Gasteiger partial charge in [0.2, 0.25) is 7.29 Å². The van der Waals surface area contributed by atoms with Crippen LogP contribution in [0.15, 0.2) is 54.6 Å². The van der Waals surface area contributed by atoms with E-state index in [4.69, 9.17) is 5.50 Å². The van der Waals surface area contributed by atoms with Crippen LogP contribution in [0.5, 0.6) is 0 Å². The minimum Gasteiger partial charge on any atom is -0.297 e. The summed E-state index contributed by atoms with van der Waals surface area (Å²) in [6, 6.07) is 16.8. The number of hydrogen-bond donors (Lipinski definition) is 1. The van der Waals surface area contributed by atoms with Crippen LogP contribution < -0.4 is 16.1 Å². The maximum atomic E-state index is 12.6. The molecular formula is C13H14NOP. The molecule has 0 heterocycles. The first-order chi connectivity index (χ1) is 7.62. The number of benzene rings is 2. The Kier molecular flexibility index (Phi) is 2.95. The van der Waals surface area contributed by atoms with Crippen molar-refractivity contribution in [3.05, 3.63) is 60.2 Å². The normalized spacial score (nSPS) is 14.4. The monoisotopic (exact) mass is 231 g/mol. The zero-order chi connectivity index (χ0) is 11.6. The van der Waals surface area contributed by atoms with E-state index >= 15 is 0 Å². The highest BCUT2D eigenvalue weighted by Gasteiger charge is 2.22. The molecule has 3 heteroatoms. The third-order valence-corrected chi connectivity index (χ3v) is 4.90. The Balaban J connectivity index is 2.56. The molecule has 2 aromatic rings. The summed E-state index contributed by atoms with van der Waals surface area (Å²) in [5, 5.41) is 1.44. The molecule has 2 aromatic carbocycles. The van der Waals surface area contributed by atoms with E-state index in [9.17, 15) is 4.57 Å². The Labute approximate surface area is 95.5 Å². The minimum atomic E-state index is -2.93. The molecule has 0 bridgehead atoms. The molecule has 2 N–H and O–H groups in total. The molecule has 16 heavy (non-hydrogen) atoms. The van der Waals surface area contributed by atoms with Gasteiger partial charge in [-0.25, -0.2) is 0 Å². The topological polar surface area (TPSA) is 43.1 Å². The molecule has 0 spiro atoms. The standard InChI is InChI=1S/C13H14NOP/c1-11-7-5-6-10-13(11)16(14,15)12-8-3-2-4-9-12/h2-10H,1H3,(H2,14,15)/t16-/m0/s1. The summed E-state index contributed by atoms with van der Waals surface area (Å²) >= 11 is 0. The van der Waals surface area contributed by atoms with Crippen molar-refractivity contribution in [1.29, 1.82) is 0 Å². The summed E-state index contributed by atoms with van der Waals surface area (Å²) in [6.07, 6.45) is 0. The molecule has 0 radical (unpaired) electrons. The second-order valence-electron chi connectivity index (χ2n) is 3.78. The molecule has 0 amide bonds. The van der Waals surface area contributed by atoms with Crippen molar-refractivity contribution < 1.29 is 4.57 Å². The lowest BCUT2D eigenvalue weighted by molar-refractivity contribution is 0.588. The third kappa shape index (κ3) is 1.95. The molecule has 0 aliphatic heterocycles. The minimum absolute atomic E-state index is 0.698. The molecular weight excluding hydrogens is 217 g/mol. The highest BCUT2D eigenvalue weighted by Crippen LogP contribution is 2.34. The molecule has 2 rings (SSSR count). The van der Waals surface area contributed by atoms with Crippen molar-refractivity contribution in [2.75, 3.05) is 0 Å². The van der Waals surface area contributed by atoms with Gasteiger partial charge in [-0.15, -0.1) is 0 Å². The van der Waals surface area contributed by atoms with Crippen molar-refractivity contribution >= 4 is 17.9 Å². The Hall–Kier alpha value is -1.37. The second kappa shape index (κ2) is 4.25. The maximum Gasteiger partial charge on any atom is 0.202 e. The van der Waals surface area contributed by atoms with Crippen molar-refractivity contribution in [2.45, 2.75) is 6.92 Å². The molecule has 0 unspecified atom stereocenters. The molecule has 0 saturated heterocycles. The van der Waals surface area contributed by atoms with Crippen LogP contribution >= 0.6 is 7.29 Å². The SMILES string of the molecule is Cc1ccccc1[P@@](N)(=O)c1ccccc1. The maximum absolute atomic E-state index is 12.6. The van der Waals surface area contributed by atoms with Crippen molar-refractivity contribution in [3.63, 3.8) is 0 Å². The largest absolute Gasteiger partial charge is 0.297 e. The highest BCUT2D eigenvalue weighted by molar-refractivity contribution is 7.76. The van der Waals surface area contributed by atoms with E-state index in [-0.39, 0.29) is 0 Å². The number of rotatable bonds is 2. The summed E-state index contributed by atoms with van der Waals surface area (Å²) in [5.41, 5.74) is 6.99. The van der Waals surface area contributed by atoms with Gasteiger partial charge in [0.1, 0.15) is 0 Å². The van der Waals surface area contributed by atoms with Crippen LogP contribution in [0, 0.1) is 6.92 Å². The quantitative estimate of drug-likeness (QED) is 0.805. The average molecular weight is 231 g/mol. The van der Waals surface area contributed by atoms with Crippen LogP contribution in [0.2, 0.25) is 0 Å². The van der Waals surface area contributed by atoms with Crippen molar-refractivity contribution in [3.8, 4) is 0 Å². The predicted molar refractivity (Wildman–Crippen MR) is 68.7 cm³/mol. The van der Waals surface area contributed by atoms with Crippen LogP contribution in [-0.4, -0.2) is 0 Å².